The molecule has 0 bridgehead atoms. The number of ketones is 2. The topological polar surface area (TPSA) is 60.4 Å². The Morgan fingerprint density at radius 1 is 0.700 bits per heavy atom. The first-order valence-corrected chi connectivity index (χ1v) is 11.3. The van der Waals surface area contributed by atoms with Gasteiger partial charge >= 0.3 is 5.97 Å². The summed E-state index contributed by atoms with van der Waals surface area (Å²) in [6, 6.07) is 9.05. The van der Waals surface area contributed by atoms with Crippen molar-refractivity contribution in [2.24, 2.45) is 10.8 Å². The van der Waals surface area contributed by atoms with Crippen LogP contribution in [-0.4, -0.2) is 17.5 Å². The largest absolute Gasteiger partial charge is 0.427 e. The van der Waals surface area contributed by atoms with Gasteiger partial charge in [0.15, 0.2) is 0 Å². The first-order chi connectivity index (χ1) is 14.0. The van der Waals surface area contributed by atoms with E-state index in [2.05, 4.69) is 34.6 Å². The minimum atomic E-state index is -0.253. The maximum Gasteiger partial charge on any atom is 0.311 e. The van der Waals surface area contributed by atoms with Crippen LogP contribution in [0.4, 0.5) is 0 Å². The van der Waals surface area contributed by atoms with E-state index < -0.39 is 0 Å². The lowest BCUT2D eigenvalue weighted by molar-refractivity contribution is -0.135. The van der Waals surface area contributed by atoms with Crippen LogP contribution in [0.15, 0.2) is 30.3 Å². The molecule has 0 radical (unpaired) electrons. The normalized spacial score (nSPS) is 11.9. The summed E-state index contributed by atoms with van der Waals surface area (Å²) in [5.74, 6) is 0.627. The molecule has 4 heteroatoms. The third kappa shape index (κ3) is 11.9. The number of carbonyl (C=O) groups is 3. The van der Waals surface area contributed by atoms with Crippen LogP contribution in [0.2, 0.25) is 0 Å². The summed E-state index contributed by atoms with van der Waals surface area (Å²) in [5, 5.41) is 0. The van der Waals surface area contributed by atoms with Crippen LogP contribution >= 0.6 is 0 Å². The molecule has 0 aliphatic heterocycles. The molecule has 0 fully saturated rings. The van der Waals surface area contributed by atoms with Crippen LogP contribution in [0.1, 0.15) is 98.8 Å². The van der Waals surface area contributed by atoms with E-state index in [-0.39, 0.29) is 28.4 Å². The number of hydrogen-bond acceptors (Lipinski definition) is 4. The lowest BCUT2D eigenvalue weighted by Gasteiger charge is -2.24. The van der Waals surface area contributed by atoms with Gasteiger partial charge < -0.3 is 4.74 Å². The lowest BCUT2D eigenvalue weighted by atomic mass is 9.81. The zero-order chi connectivity index (χ0) is 22.6. The fourth-order valence-corrected chi connectivity index (χ4v) is 3.52. The van der Waals surface area contributed by atoms with Crippen molar-refractivity contribution >= 4 is 17.5 Å². The highest BCUT2D eigenvalue weighted by molar-refractivity contribution is 5.86. The van der Waals surface area contributed by atoms with Crippen LogP contribution in [0.5, 0.6) is 5.75 Å². The fraction of sp³-hybridized carbons (Fsp3) is 0.654. The Morgan fingerprint density at radius 3 is 1.67 bits per heavy atom. The van der Waals surface area contributed by atoms with E-state index in [0.717, 1.165) is 19.3 Å². The first kappa shape index (κ1) is 26.1. The first-order valence-electron chi connectivity index (χ1n) is 11.3. The van der Waals surface area contributed by atoms with Crippen LogP contribution < -0.4 is 4.74 Å². The van der Waals surface area contributed by atoms with Crippen LogP contribution in [0, 0.1) is 10.8 Å². The third-order valence-electron chi connectivity index (χ3n) is 5.75. The summed E-state index contributed by atoms with van der Waals surface area (Å²) in [5.41, 5.74) is 0.0691. The smallest absolute Gasteiger partial charge is 0.311 e. The molecule has 0 aromatic heterocycles. The van der Waals surface area contributed by atoms with Gasteiger partial charge in [-0.1, -0.05) is 59.2 Å². The Kier molecular flexibility index (Phi) is 11.0. The molecule has 0 unspecified atom stereocenters. The van der Waals surface area contributed by atoms with Crippen molar-refractivity contribution in [1.82, 2.24) is 0 Å². The molecule has 168 valence electrons. The molecule has 0 atom stereocenters. The standard InChI is InChI=1S/C26H40O4/c1-6-17-25(2,3)18-14-21(27)12-13-22(28)15-19-26(4,5)20-16-24(29)30-23-10-8-7-9-11-23/h7-11H,6,12-20H2,1-5H3. The summed E-state index contributed by atoms with van der Waals surface area (Å²) in [4.78, 5) is 36.4. The molecular weight excluding hydrogens is 376 g/mol. The van der Waals surface area contributed by atoms with E-state index in [1.165, 1.54) is 0 Å². The van der Waals surface area contributed by atoms with Crippen molar-refractivity contribution in [3.8, 4) is 5.75 Å². The van der Waals surface area contributed by atoms with Crippen molar-refractivity contribution in [3.63, 3.8) is 0 Å². The van der Waals surface area contributed by atoms with Crippen molar-refractivity contribution < 1.29 is 19.1 Å². The number of hydrogen-bond donors (Lipinski definition) is 0. The molecule has 0 N–H and O–H groups in total. The molecular formula is C26H40O4. The number of ether oxygens (including phenoxy) is 1. The number of rotatable bonds is 15. The lowest BCUT2D eigenvalue weighted by Crippen LogP contribution is -2.18. The summed E-state index contributed by atoms with van der Waals surface area (Å²) in [6.07, 6.45) is 6.53. The third-order valence-corrected chi connectivity index (χ3v) is 5.75. The van der Waals surface area contributed by atoms with Gasteiger partial charge in [-0.15, -0.1) is 0 Å². The Balaban J connectivity index is 2.25. The second kappa shape index (κ2) is 12.7. The summed E-state index contributed by atoms with van der Waals surface area (Å²) in [7, 11) is 0. The zero-order valence-electron chi connectivity index (χ0n) is 19.6. The van der Waals surface area contributed by atoms with Crippen molar-refractivity contribution in [3.05, 3.63) is 30.3 Å². The highest BCUT2D eigenvalue weighted by Crippen LogP contribution is 2.30. The summed E-state index contributed by atoms with van der Waals surface area (Å²) >= 11 is 0. The second-order valence-corrected chi connectivity index (χ2v) is 9.94. The Bertz CT molecular complexity index is 674. The molecule has 0 heterocycles. The molecule has 4 nitrogen and oxygen atoms in total. The summed E-state index contributed by atoms with van der Waals surface area (Å²) in [6.45, 7) is 10.7. The molecule has 0 spiro atoms. The summed E-state index contributed by atoms with van der Waals surface area (Å²) < 4.78 is 5.32. The van der Waals surface area contributed by atoms with E-state index in [1.54, 1.807) is 12.1 Å². The second-order valence-electron chi connectivity index (χ2n) is 9.94. The maximum absolute atomic E-state index is 12.2. The van der Waals surface area contributed by atoms with E-state index in [9.17, 15) is 14.4 Å². The molecule has 0 saturated carbocycles. The average molecular weight is 417 g/mol. The van der Waals surface area contributed by atoms with Crippen LogP contribution in [0.3, 0.4) is 0 Å². The fourth-order valence-electron chi connectivity index (χ4n) is 3.52. The van der Waals surface area contributed by atoms with Crippen molar-refractivity contribution in [2.75, 3.05) is 0 Å². The van der Waals surface area contributed by atoms with Gasteiger partial charge in [0.1, 0.15) is 17.3 Å². The minimum Gasteiger partial charge on any atom is -0.427 e. The highest BCUT2D eigenvalue weighted by Gasteiger charge is 2.22. The molecule has 0 saturated heterocycles. The number of para-hydroxylation sites is 1. The molecule has 0 aliphatic rings. The molecule has 1 aromatic rings. The maximum atomic E-state index is 12.2. The quantitative estimate of drug-likeness (QED) is 0.236. The van der Waals surface area contributed by atoms with E-state index in [1.807, 2.05) is 18.2 Å². The van der Waals surface area contributed by atoms with Gasteiger partial charge in [-0.2, -0.15) is 0 Å². The van der Waals surface area contributed by atoms with Crippen LogP contribution in [-0.2, 0) is 14.4 Å². The predicted octanol–water partition coefficient (Wildman–Crippen LogP) is 6.70. The zero-order valence-corrected chi connectivity index (χ0v) is 19.6. The van der Waals surface area contributed by atoms with E-state index >= 15 is 0 Å². The minimum absolute atomic E-state index is 0.125. The van der Waals surface area contributed by atoms with Crippen LogP contribution in [0.25, 0.3) is 0 Å². The molecule has 0 aliphatic carbocycles. The van der Waals surface area contributed by atoms with Gasteiger partial charge in [0.25, 0.3) is 0 Å². The predicted molar refractivity (Wildman–Crippen MR) is 121 cm³/mol. The highest BCUT2D eigenvalue weighted by atomic mass is 16.5. The Labute approximate surface area is 182 Å². The Hall–Kier alpha value is -1.97. The number of esters is 1. The molecule has 1 aromatic carbocycles. The van der Waals surface area contributed by atoms with Gasteiger partial charge in [-0.3, -0.25) is 14.4 Å². The average Bonchev–Trinajstić information content (AvgIpc) is 2.69. The van der Waals surface area contributed by atoms with Gasteiger partial charge in [0.2, 0.25) is 0 Å². The molecule has 1 rings (SSSR count). The van der Waals surface area contributed by atoms with E-state index in [4.69, 9.17) is 4.74 Å². The van der Waals surface area contributed by atoms with Gasteiger partial charge in [0.05, 0.1) is 0 Å². The number of carbonyl (C=O) groups excluding carboxylic acids is 3. The van der Waals surface area contributed by atoms with Crippen molar-refractivity contribution in [1.29, 1.82) is 0 Å². The SMILES string of the molecule is CCCC(C)(C)CCC(=O)CCC(=O)CCC(C)(C)CCC(=O)Oc1ccccc1. The number of Topliss-reactive ketones (excluding diaryl/α,β-unsaturated/α-hetero) is 2. The van der Waals surface area contributed by atoms with Gasteiger partial charge in [-0.25, -0.2) is 0 Å². The monoisotopic (exact) mass is 416 g/mol. The molecule has 0 amide bonds. The number of benzene rings is 1. The van der Waals surface area contributed by atoms with E-state index in [0.29, 0.717) is 50.7 Å². The molecule has 30 heavy (non-hydrogen) atoms. The van der Waals surface area contributed by atoms with Crippen molar-refractivity contribution in [2.45, 2.75) is 98.8 Å². The Morgan fingerprint density at radius 2 is 1.17 bits per heavy atom. The van der Waals surface area contributed by atoms with Gasteiger partial charge in [-0.05, 0) is 48.6 Å². The van der Waals surface area contributed by atoms with Gasteiger partial charge in [0, 0.05) is 32.1 Å².